The van der Waals surface area contributed by atoms with E-state index in [0.29, 0.717) is 5.56 Å². The van der Waals surface area contributed by atoms with Gasteiger partial charge in [0.15, 0.2) is 6.61 Å². The summed E-state index contributed by atoms with van der Waals surface area (Å²) in [6.07, 6.45) is 1.44. The van der Waals surface area contributed by atoms with Crippen molar-refractivity contribution >= 4 is 38.0 Å². The highest BCUT2D eigenvalue weighted by Gasteiger charge is 2.14. The van der Waals surface area contributed by atoms with Crippen LogP contribution in [0.5, 0.6) is 0 Å². The molecule has 3 rings (SSSR count). The molecule has 1 N–H and O–H groups in total. The van der Waals surface area contributed by atoms with Crippen molar-refractivity contribution in [3.63, 3.8) is 0 Å². The number of nitrogens with zero attached hydrogens (tertiary/aromatic N) is 2. The number of carbonyl (C=O) groups excluding carboxylic acids is 1. The van der Waals surface area contributed by atoms with Gasteiger partial charge in [-0.2, -0.15) is 0 Å². The molecule has 0 aliphatic carbocycles. The van der Waals surface area contributed by atoms with Gasteiger partial charge in [0.1, 0.15) is 6.54 Å². The quantitative estimate of drug-likeness (QED) is 0.480. The van der Waals surface area contributed by atoms with Crippen molar-refractivity contribution in [2.45, 2.75) is 13.5 Å². The van der Waals surface area contributed by atoms with E-state index >= 15 is 0 Å². The maximum absolute atomic E-state index is 12.0. The fourth-order valence-electron chi connectivity index (χ4n) is 2.30. The minimum Gasteiger partial charge on any atom is -0.455 e. The second kappa shape index (κ2) is 9.79. The molecule has 10 heteroatoms. The van der Waals surface area contributed by atoms with Crippen LogP contribution in [0.4, 0.5) is 0 Å². The largest absolute Gasteiger partial charge is 0.455 e. The summed E-state index contributed by atoms with van der Waals surface area (Å²) in [5, 5.41) is 8.72. The van der Waals surface area contributed by atoms with E-state index < -0.39 is 22.5 Å². The Morgan fingerprint density at radius 2 is 1.90 bits per heavy atom. The Hall–Kier alpha value is -2.82. The van der Waals surface area contributed by atoms with Crippen LogP contribution in [0.25, 0.3) is 17.5 Å². The first-order valence-corrected chi connectivity index (χ1v) is 11.1. The van der Waals surface area contributed by atoms with Crippen LogP contribution in [0.15, 0.2) is 62.8 Å². The smallest absolute Gasteiger partial charge is 0.321 e. The van der Waals surface area contributed by atoms with Gasteiger partial charge in [0, 0.05) is 9.88 Å². The molecular formula is C20H18BrN3O5S. The molecule has 30 heavy (non-hydrogen) atoms. The molecule has 3 aromatic rings. The van der Waals surface area contributed by atoms with E-state index in [-0.39, 0.29) is 18.4 Å². The number of nitrogens with one attached hydrogen (secondary N) is 1. The van der Waals surface area contributed by atoms with Crippen LogP contribution in [0.1, 0.15) is 17.0 Å². The molecule has 0 unspecified atom stereocenters. The summed E-state index contributed by atoms with van der Waals surface area (Å²) in [6, 6.07) is 14.6. The van der Waals surface area contributed by atoms with Crippen LogP contribution >= 0.6 is 15.9 Å². The van der Waals surface area contributed by atoms with Crippen molar-refractivity contribution in [1.29, 1.82) is 0 Å². The normalized spacial score (nSPS) is 11.7. The predicted molar refractivity (Wildman–Crippen MR) is 114 cm³/mol. The molecule has 0 aliphatic rings. The molecule has 0 fully saturated rings. The molecule has 0 bridgehead atoms. The molecule has 0 atom stereocenters. The van der Waals surface area contributed by atoms with Gasteiger partial charge in [-0.1, -0.05) is 42.0 Å². The molecule has 0 saturated carbocycles. The molecular weight excluding hydrogens is 474 g/mol. The Bertz CT molecular complexity index is 1160. The summed E-state index contributed by atoms with van der Waals surface area (Å²) >= 11 is 3.39. The number of hydrogen-bond donors (Lipinski definition) is 1. The number of carbonyl (C=O) groups is 1. The zero-order valence-electron chi connectivity index (χ0n) is 15.9. The monoisotopic (exact) mass is 491 g/mol. The van der Waals surface area contributed by atoms with Crippen molar-refractivity contribution in [3.05, 3.63) is 75.4 Å². The van der Waals surface area contributed by atoms with Crippen molar-refractivity contribution < 1.29 is 22.4 Å². The summed E-state index contributed by atoms with van der Waals surface area (Å²) in [6.45, 7) is 1.15. The topological polar surface area (TPSA) is 111 Å². The lowest BCUT2D eigenvalue weighted by Crippen LogP contribution is -2.29. The molecule has 2 aromatic carbocycles. The average molecular weight is 492 g/mol. The third-order valence-electron chi connectivity index (χ3n) is 3.86. The molecule has 0 saturated heterocycles. The Labute approximate surface area is 182 Å². The van der Waals surface area contributed by atoms with Crippen LogP contribution in [0.2, 0.25) is 0 Å². The van der Waals surface area contributed by atoms with Gasteiger partial charge in [-0.25, -0.2) is 13.1 Å². The lowest BCUT2D eigenvalue weighted by atomic mass is 10.2. The van der Waals surface area contributed by atoms with Gasteiger partial charge in [0.2, 0.25) is 15.9 Å². The summed E-state index contributed by atoms with van der Waals surface area (Å²) in [7, 11) is -3.79. The zero-order valence-corrected chi connectivity index (χ0v) is 18.3. The van der Waals surface area contributed by atoms with Gasteiger partial charge in [-0.05, 0) is 46.6 Å². The molecule has 156 valence electrons. The number of hydrogen-bond acceptors (Lipinski definition) is 7. The third kappa shape index (κ3) is 6.34. The highest BCUT2D eigenvalue weighted by molar-refractivity contribution is 9.10. The van der Waals surface area contributed by atoms with E-state index in [1.807, 2.05) is 37.3 Å². The summed E-state index contributed by atoms with van der Waals surface area (Å²) in [5.74, 6) is -0.408. The second-order valence-corrected chi connectivity index (χ2v) is 8.73. The number of sulfonamides is 1. The van der Waals surface area contributed by atoms with E-state index in [9.17, 15) is 13.2 Å². The number of rotatable bonds is 8. The summed E-state index contributed by atoms with van der Waals surface area (Å²) in [5.41, 5.74) is 2.50. The summed E-state index contributed by atoms with van der Waals surface area (Å²) in [4.78, 5) is 11.8. The van der Waals surface area contributed by atoms with Crippen molar-refractivity contribution in [3.8, 4) is 11.5 Å². The van der Waals surface area contributed by atoms with E-state index in [0.717, 1.165) is 21.0 Å². The van der Waals surface area contributed by atoms with Gasteiger partial charge in [0.05, 0.1) is 5.56 Å². The zero-order chi connectivity index (χ0) is 21.6. The van der Waals surface area contributed by atoms with Gasteiger partial charge in [0.25, 0.3) is 5.89 Å². The van der Waals surface area contributed by atoms with Crippen molar-refractivity contribution in [2.24, 2.45) is 0 Å². The van der Waals surface area contributed by atoms with E-state index in [2.05, 4.69) is 30.8 Å². The first-order chi connectivity index (χ1) is 14.3. The molecule has 1 aromatic heterocycles. The lowest BCUT2D eigenvalue weighted by molar-refractivity contribution is -0.144. The third-order valence-corrected chi connectivity index (χ3v) is 5.60. The van der Waals surface area contributed by atoms with Gasteiger partial charge in [-0.15, -0.1) is 10.2 Å². The highest BCUT2D eigenvalue weighted by Crippen LogP contribution is 2.26. The minimum absolute atomic E-state index is 0.0937. The molecule has 8 nitrogen and oxygen atoms in total. The second-order valence-electron chi connectivity index (χ2n) is 6.22. The average Bonchev–Trinajstić information content (AvgIpc) is 3.20. The Morgan fingerprint density at radius 3 is 2.63 bits per heavy atom. The highest BCUT2D eigenvalue weighted by atomic mass is 79.9. The van der Waals surface area contributed by atoms with Crippen LogP contribution in [-0.4, -0.2) is 31.1 Å². The number of ether oxygens (including phenoxy) is 1. The number of aromatic nitrogens is 2. The fourth-order valence-corrected chi connectivity index (χ4v) is 3.51. The van der Waals surface area contributed by atoms with Crippen LogP contribution in [0.3, 0.4) is 0 Å². The van der Waals surface area contributed by atoms with E-state index in [1.54, 1.807) is 18.2 Å². The molecule has 0 spiro atoms. The Balaban J connectivity index is 1.49. The van der Waals surface area contributed by atoms with E-state index in [1.165, 1.54) is 6.08 Å². The number of benzene rings is 2. The Kier molecular flexibility index (Phi) is 7.14. The van der Waals surface area contributed by atoms with Crippen molar-refractivity contribution in [1.82, 2.24) is 14.9 Å². The first kappa shape index (κ1) is 21.9. The minimum atomic E-state index is -3.79. The lowest BCUT2D eigenvalue weighted by Gasteiger charge is -2.03. The first-order valence-electron chi connectivity index (χ1n) is 8.80. The molecule has 0 aliphatic heterocycles. The molecule has 0 amide bonds. The van der Waals surface area contributed by atoms with Crippen molar-refractivity contribution in [2.75, 3.05) is 6.54 Å². The van der Waals surface area contributed by atoms with E-state index in [4.69, 9.17) is 9.15 Å². The number of esters is 1. The Morgan fingerprint density at radius 1 is 1.17 bits per heavy atom. The predicted octanol–water partition coefficient (Wildman–Crippen LogP) is 3.44. The van der Waals surface area contributed by atoms with Crippen LogP contribution < -0.4 is 4.72 Å². The van der Waals surface area contributed by atoms with Crippen LogP contribution in [-0.2, 0) is 26.2 Å². The standard InChI is InChI=1S/C20H18BrN3O5S/c1-14-6-8-15(9-7-14)10-11-30(26,27)22-12-19(25)28-13-18-23-24-20(29-18)16-4-2-3-5-17(16)21/h2-11,22H,12-13H2,1H3. The number of halogens is 1. The SMILES string of the molecule is Cc1ccc(C=CS(=O)(=O)NCC(=O)OCc2nnc(-c3ccccc3Br)o2)cc1. The van der Waals surface area contributed by atoms with Gasteiger partial charge in [-0.3, -0.25) is 4.79 Å². The molecule has 1 heterocycles. The van der Waals surface area contributed by atoms with Gasteiger partial charge >= 0.3 is 5.97 Å². The maximum Gasteiger partial charge on any atom is 0.321 e. The summed E-state index contributed by atoms with van der Waals surface area (Å²) < 4.78 is 37.4. The molecule has 0 radical (unpaired) electrons. The van der Waals surface area contributed by atoms with Gasteiger partial charge < -0.3 is 9.15 Å². The van der Waals surface area contributed by atoms with Crippen LogP contribution in [0, 0.1) is 6.92 Å². The maximum atomic E-state index is 12.0. The number of aryl methyl sites for hydroxylation is 1. The fraction of sp³-hybridized carbons (Fsp3) is 0.150.